The smallest absolute Gasteiger partial charge is 0.264 e. The summed E-state index contributed by atoms with van der Waals surface area (Å²) in [6.07, 6.45) is 0. The van der Waals surface area contributed by atoms with E-state index in [0.29, 0.717) is 23.0 Å². The van der Waals surface area contributed by atoms with Crippen LogP contribution in [0.2, 0.25) is 5.02 Å². The maximum Gasteiger partial charge on any atom is 0.264 e. The third kappa shape index (κ3) is 6.01. The number of benzene rings is 3. The molecule has 0 atom stereocenters. The van der Waals surface area contributed by atoms with Crippen molar-refractivity contribution in [1.82, 2.24) is 5.32 Å². The Bertz CT molecular complexity index is 1060. The van der Waals surface area contributed by atoms with Gasteiger partial charge in [-0.05, 0) is 48.5 Å². The Labute approximate surface area is 186 Å². The molecule has 0 aliphatic heterocycles. The molecule has 3 aromatic carbocycles. The van der Waals surface area contributed by atoms with E-state index >= 15 is 0 Å². The molecule has 0 saturated heterocycles. The molecule has 1 amide bonds. The van der Waals surface area contributed by atoms with Gasteiger partial charge < -0.3 is 5.32 Å². The number of carbonyl (C=O) groups is 1. The third-order valence-electron chi connectivity index (χ3n) is 4.17. The summed E-state index contributed by atoms with van der Waals surface area (Å²) in [5.74, 6) is 0.315. The Morgan fingerprint density at radius 3 is 2.13 bits per heavy atom. The number of rotatable bonds is 9. The van der Waals surface area contributed by atoms with E-state index in [4.69, 9.17) is 11.6 Å². The summed E-state index contributed by atoms with van der Waals surface area (Å²) in [5.41, 5.74) is 0.418. The van der Waals surface area contributed by atoms with Crippen LogP contribution in [0.4, 0.5) is 5.69 Å². The predicted molar refractivity (Wildman–Crippen MR) is 123 cm³/mol. The molecule has 0 bridgehead atoms. The number of nitrogens with zero attached hydrogens (tertiary/aromatic N) is 1. The van der Waals surface area contributed by atoms with E-state index in [1.54, 1.807) is 42.1 Å². The first kappa shape index (κ1) is 22.2. The van der Waals surface area contributed by atoms with Crippen LogP contribution in [-0.2, 0) is 14.8 Å². The topological polar surface area (TPSA) is 66.5 Å². The van der Waals surface area contributed by atoms with Gasteiger partial charge in [0.15, 0.2) is 0 Å². The first-order chi connectivity index (χ1) is 14.5. The fourth-order valence-electron chi connectivity index (χ4n) is 2.71. The van der Waals surface area contributed by atoms with Crippen LogP contribution in [0.3, 0.4) is 0 Å². The van der Waals surface area contributed by atoms with Gasteiger partial charge in [-0.3, -0.25) is 9.10 Å². The zero-order valence-corrected chi connectivity index (χ0v) is 18.5. The molecule has 0 aliphatic rings. The standard InChI is InChI=1S/C22H21ClN2O3S2/c23-18-11-13-21(14-12-18)30(27,28)25(19-7-3-1-4-8-19)17-22(26)24-15-16-29-20-9-5-2-6-10-20/h1-14H,15-17H2,(H,24,26). The number of hydrogen-bond donors (Lipinski definition) is 1. The highest BCUT2D eigenvalue weighted by atomic mass is 35.5. The summed E-state index contributed by atoms with van der Waals surface area (Å²) in [6.45, 7) is 0.118. The van der Waals surface area contributed by atoms with Gasteiger partial charge in [0.25, 0.3) is 10.0 Å². The highest BCUT2D eigenvalue weighted by Gasteiger charge is 2.27. The quantitative estimate of drug-likeness (QED) is 0.378. The van der Waals surface area contributed by atoms with Gasteiger partial charge in [0.1, 0.15) is 6.54 Å². The molecular formula is C22H21ClN2O3S2. The molecule has 0 heterocycles. The van der Waals surface area contributed by atoms with Crippen molar-refractivity contribution in [1.29, 1.82) is 0 Å². The second-order valence-corrected chi connectivity index (χ2v) is 9.78. The lowest BCUT2D eigenvalue weighted by atomic mass is 10.3. The van der Waals surface area contributed by atoms with Gasteiger partial charge in [-0.25, -0.2) is 8.42 Å². The molecule has 3 aromatic rings. The minimum atomic E-state index is -3.93. The van der Waals surface area contributed by atoms with Gasteiger partial charge in [0.2, 0.25) is 5.91 Å². The van der Waals surface area contributed by atoms with Crippen molar-refractivity contribution >= 4 is 45.0 Å². The van der Waals surface area contributed by atoms with Crippen LogP contribution >= 0.6 is 23.4 Å². The number of anilines is 1. The summed E-state index contributed by atoms with van der Waals surface area (Å²) < 4.78 is 27.5. The predicted octanol–water partition coefficient (Wildman–Crippen LogP) is 4.44. The lowest BCUT2D eigenvalue weighted by Crippen LogP contribution is -2.41. The zero-order chi connectivity index (χ0) is 21.4. The van der Waals surface area contributed by atoms with E-state index in [1.165, 1.54) is 24.3 Å². The summed E-state index contributed by atoms with van der Waals surface area (Å²) in [5, 5.41) is 3.24. The highest BCUT2D eigenvalue weighted by molar-refractivity contribution is 7.99. The number of nitrogens with one attached hydrogen (secondary N) is 1. The second kappa shape index (κ2) is 10.5. The van der Waals surface area contributed by atoms with Gasteiger partial charge in [-0.1, -0.05) is 48.0 Å². The average molecular weight is 461 g/mol. The molecule has 30 heavy (non-hydrogen) atoms. The van der Waals surface area contributed by atoms with Crippen molar-refractivity contribution in [2.45, 2.75) is 9.79 Å². The number of para-hydroxylation sites is 1. The Kier molecular flexibility index (Phi) is 7.79. The second-order valence-electron chi connectivity index (χ2n) is 6.31. The van der Waals surface area contributed by atoms with E-state index in [2.05, 4.69) is 5.32 Å². The molecule has 8 heteroatoms. The zero-order valence-electron chi connectivity index (χ0n) is 16.1. The minimum Gasteiger partial charge on any atom is -0.354 e. The van der Waals surface area contributed by atoms with E-state index in [0.717, 1.165) is 9.20 Å². The number of halogens is 1. The van der Waals surface area contributed by atoms with Crippen LogP contribution in [0, 0.1) is 0 Å². The fraction of sp³-hybridized carbons (Fsp3) is 0.136. The summed E-state index contributed by atoms with van der Waals surface area (Å²) in [4.78, 5) is 13.7. The number of amides is 1. The van der Waals surface area contributed by atoms with Crippen LogP contribution in [-0.4, -0.2) is 33.2 Å². The molecule has 0 aliphatic carbocycles. The SMILES string of the molecule is O=C(CN(c1ccccc1)S(=O)(=O)c1ccc(Cl)cc1)NCCSc1ccccc1. The number of sulfonamides is 1. The molecule has 0 saturated carbocycles. The van der Waals surface area contributed by atoms with Crippen molar-refractivity contribution in [3.05, 3.63) is 90.0 Å². The van der Waals surface area contributed by atoms with Gasteiger partial charge in [-0.15, -0.1) is 11.8 Å². The number of hydrogen-bond acceptors (Lipinski definition) is 4. The van der Waals surface area contributed by atoms with Gasteiger partial charge in [-0.2, -0.15) is 0 Å². The van der Waals surface area contributed by atoms with Crippen molar-refractivity contribution in [3.63, 3.8) is 0 Å². The molecule has 5 nitrogen and oxygen atoms in total. The molecular weight excluding hydrogens is 440 g/mol. The van der Waals surface area contributed by atoms with Crippen molar-refractivity contribution in [2.24, 2.45) is 0 Å². The molecule has 3 rings (SSSR count). The summed E-state index contributed by atoms with van der Waals surface area (Å²) in [7, 11) is -3.93. The Balaban J connectivity index is 1.68. The Hall–Kier alpha value is -2.48. The van der Waals surface area contributed by atoms with Crippen LogP contribution in [0.1, 0.15) is 0 Å². The van der Waals surface area contributed by atoms with E-state index in [-0.39, 0.29) is 17.3 Å². The first-order valence-corrected chi connectivity index (χ1v) is 12.0. The average Bonchev–Trinajstić information content (AvgIpc) is 2.76. The lowest BCUT2D eigenvalue weighted by molar-refractivity contribution is -0.119. The molecule has 156 valence electrons. The molecule has 0 unspecified atom stereocenters. The molecule has 0 fully saturated rings. The monoisotopic (exact) mass is 460 g/mol. The van der Waals surface area contributed by atoms with Crippen LogP contribution in [0.15, 0.2) is 94.7 Å². The minimum absolute atomic E-state index is 0.0724. The van der Waals surface area contributed by atoms with E-state index < -0.39 is 10.0 Å². The van der Waals surface area contributed by atoms with Crippen molar-refractivity contribution in [3.8, 4) is 0 Å². The van der Waals surface area contributed by atoms with Crippen molar-refractivity contribution < 1.29 is 13.2 Å². The number of thioether (sulfide) groups is 1. The largest absolute Gasteiger partial charge is 0.354 e. The Morgan fingerprint density at radius 2 is 1.50 bits per heavy atom. The van der Waals surface area contributed by atoms with Gasteiger partial charge in [0, 0.05) is 22.2 Å². The third-order valence-corrected chi connectivity index (χ3v) is 7.22. The maximum absolute atomic E-state index is 13.2. The fourth-order valence-corrected chi connectivity index (χ4v) is 5.04. The number of carbonyl (C=O) groups excluding carboxylic acids is 1. The van der Waals surface area contributed by atoms with E-state index in [9.17, 15) is 13.2 Å². The van der Waals surface area contributed by atoms with Gasteiger partial charge >= 0.3 is 0 Å². The molecule has 0 radical (unpaired) electrons. The van der Waals surface area contributed by atoms with Crippen LogP contribution in [0.25, 0.3) is 0 Å². The highest BCUT2D eigenvalue weighted by Crippen LogP contribution is 2.24. The lowest BCUT2D eigenvalue weighted by Gasteiger charge is -2.24. The normalized spacial score (nSPS) is 11.1. The van der Waals surface area contributed by atoms with E-state index in [1.807, 2.05) is 30.3 Å². The maximum atomic E-state index is 13.2. The van der Waals surface area contributed by atoms with Crippen LogP contribution in [0.5, 0.6) is 0 Å². The summed E-state index contributed by atoms with van der Waals surface area (Å²) >= 11 is 7.51. The van der Waals surface area contributed by atoms with Gasteiger partial charge in [0.05, 0.1) is 10.6 Å². The molecule has 0 aromatic heterocycles. The Morgan fingerprint density at radius 1 is 0.900 bits per heavy atom. The first-order valence-electron chi connectivity index (χ1n) is 9.25. The molecule has 1 N–H and O–H groups in total. The van der Waals surface area contributed by atoms with Crippen LogP contribution < -0.4 is 9.62 Å². The summed E-state index contributed by atoms with van der Waals surface area (Å²) in [6, 6.07) is 24.3. The molecule has 0 spiro atoms. The van der Waals surface area contributed by atoms with Crippen molar-refractivity contribution in [2.75, 3.05) is 23.1 Å².